The fourth-order valence-corrected chi connectivity index (χ4v) is 1.66. The summed E-state index contributed by atoms with van der Waals surface area (Å²) in [5, 5.41) is 5.53. The van der Waals surface area contributed by atoms with Gasteiger partial charge in [0.15, 0.2) is 0 Å². The third kappa shape index (κ3) is 6.38. The molecular weight excluding hydrogens is 308 g/mol. The number of hydrogen-bond acceptors (Lipinski definition) is 2. The van der Waals surface area contributed by atoms with Gasteiger partial charge in [0.2, 0.25) is 5.91 Å². The molecule has 2 amide bonds. The molecule has 4 nitrogen and oxygen atoms in total. The molecule has 0 radical (unpaired) electrons. The first-order valence-corrected chi connectivity index (χ1v) is 7.09. The van der Waals surface area contributed by atoms with Crippen molar-refractivity contribution in [3.05, 3.63) is 34.3 Å². The molecule has 0 fully saturated rings. The molecule has 104 valence electrons. The van der Waals surface area contributed by atoms with E-state index < -0.39 is 0 Å². The molecule has 0 atom stereocenters. The highest BCUT2D eigenvalue weighted by Crippen LogP contribution is 2.10. The lowest BCUT2D eigenvalue weighted by atomic mass is 10.2. The predicted octanol–water partition coefficient (Wildman–Crippen LogP) is 2.34. The second kappa shape index (κ2) is 7.94. The zero-order valence-corrected chi connectivity index (χ0v) is 12.8. The number of benzene rings is 1. The van der Waals surface area contributed by atoms with E-state index in [-0.39, 0.29) is 11.8 Å². The van der Waals surface area contributed by atoms with Gasteiger partial charge in [0.05, 0.1) is 0 Å². The van der Waals surface area contributed by atoms with Gasteiger partial charge in [-0.15, -0.1) is 0 Å². The first-order valence-electron chi connectivity index (χ1n) is 6.29. The van der Waals surface area contributed by atoms with Crippen molar-refractivity contribution in [2.45, 2.75) is 20.3 Å². The average molecular weight is 327 g/mol. The van der Waals surface area contributed by atoms with Crippen LogP contribution in [0.5, 0.6) is 0 Å². The Balaban J connectivity index is 2.27. The minimum atomic E-state index is -0.163. The molecule has 0 aliphatic carbocycles. The van der Waals surface area contributed by atoms with Gasteiger partial charge < -0.3 is 10.6 Å². The summed E-state index contributed by atoms with van der Waals surface area (Å²) in [4.78, 5) is 23.2. The van der Waals surface area contributed by atoms with Crippen LogP contribution in [0.2, 0.25) is 0 Å². The summed E-state index contributed by atoms with van der Waals surface area (Å²) >= 11 is 3.31. The van der Waals surface area contributed by atoms with Crippen molar-refractivity contribution in [2.75, 3.05) is 13.1 Å². The third-order valence-corrected chi connectivity index (χ3v) is 2.98. The minimum Gasteiger partial charge on any atom is -0.356 e. The Morgan fingerprint density at radius 3 is 2.37 bits per heavy atom. The van der Waals surface area contributed by atoms with Crippen molar-refractivity contribution in [3.8, 4) is 0 Å². The monoisotopic (exact) mass is 326 g/mol. The molecule has 0 bridgehead atoms. The Kier molecular flexibility index (Phi) is 6.56. The van der Waals surface area contributed by atoms with Crippen LogP contribution >= 0.6 is 15.9 Å². The Morgan fingerprint density at radius 1 is 1.16 bits per heavy atom. The normalized spacial score (nSPS) is 10.3. The van der Waals surface area contributed by atoms with Crippen molar-refractivity contribution < 1.29 is 9.59 Å². The van der Waals surface area contributed by atoms with Gasteiger partial charge in [0.25, 0.3) is 5.91 Å². The third-order valence-electron chi connectivity index (χ3n) is 2.45. The van der Waals surface area contributed by atoms with E-state index in [0.29, 0.717) is 31.0 Å². The summed E-state index contributed by atoms with van der Waals surface area (Å²) < 4.78 is 0.928. The van der Waals surface area contributed by atoms with E-state index in [2.05, 4.69) is 26.6 Å². The van der Waals surface area contributed by atoms with Crippen LogP contribution in [0.4, 0.5) is 0 Å². The molecule has 0 saturated carbocycles. The first-order chi connectivity index (χ1) is 8.99. The summed E-state index contributed by atoms with van der Waals surface area (Å²) in [7, 11) is 0. The predicted molar refractivity (Wildman–Crippen MR) is 78.9 cm³/mol. The van der Waals surface area contributed by atoms with Crippen molar-refractivity contribution in [1.29, 1.82) is 0 Å². The summed E-state index contributed by atoms with van der Waals surface area (Å²) in [5.74, 6) is 0.232. The number of carbonyl (C=O) groups excluding carboxylic acids is 2. The number of carbonyl (C=O) groups is 2. The van der Waals surface area contributed by atoms with Crippen LogP contribution in [0, 0.1) is 5.92 Å². The van der Waals surface area contributed by atoms with E-state index in [1.165, 1.54) is 0 Å². The molecule has 19 heavy (non-hydrogen) atoms. The quantitative estimate of drug-likeness (QED) is 0.843. The van der Waals surface area contributed by atoms with Crippen molar-refractivity contribution in [1.82, 2.24) is 10.6 Å². The Hall–Kier alpha value is -1.36. The Bertz CT molecular complexity index is 430. The molecule has 5 heteroatoms. The molecule has 1 aromatic carbocycles. The number of amides is 2. The van der Waals surface area contributed by atoms with Gasteiger partial charge in [-0.1, -0.05) is 29.8 Å². The van der Waals surface area contributed by atoms with Crippen LogP contribution in [0.1, 0.15) is 30.6 Å². The largest absolute Gasteiger partial charge is 0.356 e. The summed E-state index contributed by atoms with van der Waals surface area (Å²) in [6.45, 7) is 5.09. The molecule has 1 rings (SSSR count). The molecule has 2 N–H and O–H groups in total. The van der Waals surface area contributed by atoms with Crippen LogP contribution in [0.15, 0.2) is 28.7 Å². The first kappa shape index (κ1) is 15.7. The van der Waals surface area contributed by atoms with Crippen molar-refractivity contribution in [2.24, 2.45) is 5.92 Å². The zero-order chi connectivity index (χ0) is 14.3. The van der Waals surface area contributed by atoms with Crippen LogP contribution in [-0.4, -0.2) is 24.9 Å². The number of hydrogen-bond donors (Lipinski definition) is 2. The molecule has 1 aromatic rings. The van der Waals surface area contributed by atoms with E-state index in [9.17, 15) is 9.59 Å². The number of nitrogens with one attached hydrogen (secondary N) is 2. The lowest BCUT2D eigenvalue weighted by Crippen LogP contribution is -2.32. The molecule has 0 aliphatic rings. The molecule has 0 spiro atoms. The number of rotatable bonds is 6. The van der Waals surface area contributed by atoms with E-state index in [1.807, 2.05) is 26.0 Å². The maximum Gasteiger partial charge on any atom is 0.251 e. The second-order valence-electron chi connectivity index (χ2n) is 4.71. The van der Waals surface area contributed by atoms with Gasteiger partial charge in [-0.05, 0) is 30.2 Å². The fraction of sp³-hybridized carbons (Fsp3) is 0.429. The van der Waals surface area contributed by atoms with Crippen LogP contribution in [-0.2, 0) is 4.79 Å². The zero-order valence-electron chi connectivity index (χ0n) is 11.2. The second-order valence-corrected chi connectivity index (χ2v) is 5.63. The molecule has 0 unspecified atom stereocenters. The summed E-state index contributed by atoms with van der Waals surface area (Å²) in [6.07, 6.45) is 0.301. The molecule has 0 aromatic heterocycles. The highest BCUT2D eigenvalue weighted by Gasteiger charge is 2.06. The Labute approximate surface area is 122 Å². The molecular formula is C14H19BrN2O2. The molecule has 0 heterocycles. The lowest BCUT2D eigenvalue weighted by molar-refractivity contribution is -0.121. The lowest BCUT2D eigenvalue weighted by Gasteiger charge is -2.08. The van der Waals surface area contributed by atoms with Gasteiger partial charge in [-0.25, -0.2) is 0 Å². The SMILES string of the molecule is CC(C)CNC(=O)CCNC(=O)c1ccc(Br)cc1. The van der Waals surface area contributed by atoms with Gasteiger partial charge in [-0.2, -0.15) is 0 Å². The van der Waals surface area contributed by atoms with Crippen molar-refractivity contribution in [3.63, 3.8) is 0 Å². The van der Waals surface area contributed by atoms with E-state index >= 15 is 0 Å². The number of halogens is 1. The van der Waals surface area contributed by atoms with Crippen molar-refractivity contribution >= 4 is 27.7 Å². The molecule has 0 saturated heterocycles. The van der Waals surface area contributed by atoms with Crippen LogP contribution in [0.25, 0.3) is 0 Å². The van der Waals surface area contributed by atoms with E-state index in [0.717, 1.165) is 4.47 Å². The van der Waals surface area contributed by atoms with Gasteiger partial charge in [-0.3, -0.25) is 9.59 Å². The minimum absolute atomic E-state index is 0.0372. The smallest absolute Gasteiger partial charge is 0.251 e. The van der Waals surface area contributed by atoms with Crippen LogP contribution in [0.3, 0.4) is 0 Å². The van der Waals surface area contributed by atoms with E-state index in [1.54, 1.807) is 12.1 Å². The topological polar surface area (TPSA) is 58.2 Å². The standard InChI is InChI=1S/C14H19BrN2O2/c1-10(2)9-17-13(18)7-8-16-14(19)11-3-5-12(15)6-4-11/h3-6,10H,7-9H2,1-2H3,(H,16,19)(H,17,18). The Morgan fingerprint density at radius 2 is 1.79 bits per heavy atom. The van der Waals surface area contributed by atoms with Crippen LogP contribution < -0.4 is 10.6 Å². The molecule has 0 aliphatic heterocycles. The summed E-state index contributed by atoms with van der Waals surface area (Å²) in [5.41, 5.74) is 0.589. The van der Waals surface area contributed by atoms with E-state index in [4.69, 9.17) is 0 Å². The maximum atomic E-state index is 11.7. The highest BCUT2D eigenvalue weighted by molar-refractivity contribution is 9.10. The average Bonchev–Trinajstić information content (AvgIpc) is 2.37. The van der Waals surface area contributed by atoms with Gasteiger partial charge in [0.1, 0.15) is 0 Å². The van der Waals surface area contributed by atoms with Gasteiger partial charge in [0, 0.05) is 29.5 Å². The highest BCUT2D eigenvalue weighted by atomic mass is 79.9. The van der Waals surface area contributed by atoms with Gasteiger partial charge >= 0.3 is 0 Å². The summed E-state index contributed by atoms with van der Waals surface area (Å²) in [6, 6.07) is 7.09. The fourth-order valence-electron chi connectivity index (χ4n) is 1.40. The maximum absolute atomic E-state index is 11.7.